The first-order valence-electron chi connectivity index (χ1n) is 8.42. The molecule has 5 nitrogen and oxygen atoms in total. The van der Waals surface area contributed by atoms with Crippen molar-refractivity contribution in [3.8, 4) is 0 Å². The van der Waals surface area contributed by atoms with Gasteiger partial charge in [-0.15, -0.1) is 0 Å². The maximum absolute atomic E-state index is 12.0. The van der Waals surface area contributed by atoms with Crippen molar-refractivity contribution in [1.29, 1.82) is 0 Å². The van der Waals surface area contributed by atoms with E-state index in [9.17, 15) is 9.59 Å². The van der Waals surface area contributed by atoms with Crippen LogP contribution in [-0.2, 0) is 16.1 Å². The van der Waals surface area contributed by atoms with Gasteiger partial charge in [-0.1, -0.05) is 42.0 Å². The summed E-state index contributed by atoms with van der Waals surface area (Å²) in [5, 5.41) is 6.02. The fourth-order valence-corrected chi connectivity index (χ4v) is 2.33. The Bertz CT molecular complexity index is 711. The summed E-state index contributed by atoms with van der Waals surface area (Å²) in [5.41, 5.74) is 3.41. The summed E-state index contributed by atoms with van der Waals surface area (Å²) < 4.78 is 5.03. The summed E-state index contributed by atoms with van der Waals surface area (Å²) >= 11 is 0. The number of nitrogens with one attached hydrogen (secondary N) is 2. The number of para-hydroxylation sites is 1. The molecule has 5 heteroatoms. The number of ether oxygens (including phenoxy) is 1. The van der Waals surface area contributed by atoms with E-state index < -0.39 is 0 Å². The molecule has 2 rings (SSSR count). The summed E-state index contributed by atoms with van der Waals surface area (Å²) in [5.74, 6) is -0.406. The quantitative estimate of drug-likeness (QED) is 0.724. The number of anilines is 1. The van der Waals surface area contributed by atoms with Gasteiger partial charge in [-0.2, -0.15) is 0 Å². The van der Waals surface area contributed by atoms with Gasteiger partial charge >= 0.3 is 5.97 Å². The minimum atomic E-state index is -0.366. The molecule has 0 bridgehead atoms. The molecule has 25 heavy (non-hydrogen) atoms. The predicted molar refractivity (Wildman–Crippen MR) is 98.5 cm³/mol. The van der Waals surface area contributed by atoms with Crippen LogP contribution >= 0.6 is 0 Å². The van der Waals surface area contributed by atoms with E-state index in [1.54, 1.807) is 25.1 Å². The lowest BCUT2D eigenvalue weighted by Gasteiger charge is -2.11. The molecular formula is C20H24N2O3. The van der Waals surface area contributed by atoms with Crippen molar-refractivity contribution >= 4 is 17.6 Å². The molecule has 0 atom stereocenters. The number of carbonyl (C=O) groups is 2. The van der Waals surface area contributed by atoms with Crippen molar-refractivity contribution < 1.29 is 14.3 Å². The van der Waals surface area contributed by atoms with Gasteiger partial charge in [0.15, 0.2) is 0 Å². The first-order chi connectivity index (χ1) is 12.1. The standard InChI is InChI=1S/C20H24N2O3/c1-3-25-20(24)17-6-4-5-7-18(17)21-13-12-19(23)22-14-16-10-8-15(2)9-11-16/h4-11,21H,3,12-14H2,1-2H3,(H,22,23). The van der Waals surface area contributed by atoms with Gasteiger partial charge in [-0.25, -0.2) is 4.79 Å². The average molecular weight is 340 g/mol. The molecule has 2 aromatic rings. The fraction of sp³-hybridized carbons (Fsp3) is 0.300. The lowest BCUT2D eigenvalue weighted by Crippen LogP contribution is -2.25. The van der Waals surface area contributed by atoms with Gasteiger partial charge in [0.25, 0.3) is 0 Å². The molecule has 0 radical (unpaired) electrons. The Kier molecular flexibility index (Phi) is 7.01. The van der Waals surface area contributed by atoms with Gasteiger partial charge in [-0.05, 0) is 31.5 Å². The molecule has 0 aliphatic rings. The third-order valence-corrected chi connectivity index (χ3v) is 3.70. The summed E-state index contributed by atoms with van der Waals surface area (Å²) in [6.07, 6.45) is 0.322. The van der Waals surface area contributed by atoms with E-state index in [2.05, 4.69) is 10.6 Å². The SMILES string of the molecule is CCOC(=O)c1ccccc1NCCC(=O)NCc1ccc(C)cc1. The van der Waals surface area contributed by atoms with Crippen molar-refractivity contribution in [3.63, 3.8) is 0 Å². The molecule has 0 saturated heterocycles. The Morgan fingerprint density at radius 3 is 2.48 bits per heavy atom. The Morgan fingerprint density at radius 2 is 1.76 bits per heavy atom. The van der Waals surface area contributed by atoms with E-state index in [-0.39, 0.29) is 11.9 Å². The number of hydrogen-bond acceptors (Lipinski definition) is 4. The molecule has 2 N–H and O–H groups in total. The second kappa shape index (κ2) is 9.47. The molecule has 1 amide bonds. The van der Waals surface area contributed by atoms with Crippen LogP contribution in [0, 0.1) is 6.92 Å². The molecule has 0 aliphatic heterocycles. The number of esters is 1. The third-order valence-electron chi connectivity index (χ3n) is 3.70. The maximum Gasteiger partial charge on any atom is 0.340 e. The Balaban J connectivity index is 1.79. The number of benzene rings is 2. The number of rotatable bonds is 8. The molecule has 132 valence electrons. The van der Waals surface area contributed by atoms with Crippen LogP contribution in [0.5, 0.6) is 0 Å². The summed E-state index contributed by atoms with van der Waals surface area (Å²) in [6, 6.07) is 15.2. The lowest BCUT2D eigenvalue weighted by molar-refractivity contribution is -0.121. The fourth-order valence-electron chi connectivity index (χ4n) is 2.33. The van der Waals surface area contributed by atoms with E-state index in [0.29, 0.717) is 37.4 Å². The average Bonchev–Trinajstić information content (AvgIpc) is 2.62. The molecule has 0 fully saturated rings. The molecule has 0 unspecified atom stereocenters. The van der Waals surface area contributed by atoms with Gasteiger partial charge in [-0.3, -0.25) is 4.79 Å². The van der Waals surface area contributed by atoms with E-state index in [1.165, 1.54) is 5.56 Å². The van der Waals surface area contributed by atoms with E-state index in [4.69, 9.17) is 4.74 Å². The second-order valence-corrected chi connectivity index (χ2v) is 5.71. The molecule has 0 aliphatic carbocycles. The highest BCUT2D eigenvalue weighted by atomic mass is 16.5. The van der Waals surface area contributed by atoms with Gasteiger partial charge in [0.1, 0.15) is 0 Å². The van der Waals surface area contributed by atoms with Gasteiger partial charge < -0.3 is 15.4 Å². The largest absolute Gasteiger partial charge is 0.462 e. The van der Waals surface area contributed by atoms with Crippen LogP contribution in [0.2, 0.25) is 0 Å². The highest BCUT2D eigenvalue weighted by molar-refractivity contribution is 5.95. The Morgan fingerprint density at radius 1 is 1.04 bits per heavy atom. The van der Waals surface area contributed by atoms with E-state index in [1.807, 2.05) is 37.3 Å². The summed E-state index contributed by atoms with van der Waals surface area (Å²) in [4.78, 5) is 23.9. The lowest BCUT2D eigenvalue weighted by atomic mass is 10.1. The number of carbonyl (C=O) groups excluding carboxylic acids is 2. The Hall–Kier alpha value is -2.82. The highest BCUT2D eigenvalue weighted by Gasteiger charge is 2.11. The molecule has 0 heterocycles. The topological polar surface area (TPSA) is 67.4 Å². The summed E-state index contributed by atoms with van der Waals surface area (Å²) in [7, 11) is 0. The zero-order valence-electron chi connectivity index (χ0n) is 14.7. The van der Waals surface area contributed by atoms with Crippen LogP contribution < -0.4 is 10.6 Å². The number of hydrogen-bond donors (Lipinski definition) is 2. The monoisotopic (exact) mass is 340 g/mol. The van der Waals surface area contributed by atoms with Crippen molar-refractivity contribution in [1.82, 2.24) is 5.32 Å². The minimum Gasteiger partial charge on any atom is -0.462 e. The minimum absolute atomic E-state index is 0.0401. The molecule has 0 saturated carbocycles. The van der Waals surface area contributed by atoms with Crippen molar-refractivity contribution in [3.05, 3.63) is 65.2 Å². The van der Waals surface area contributed by atoms with E-state index >= 15 is 0 Å². The first-order valence-corrected chi connectivity index (χ1v) is 8.42. The van der Waals surface area contributed by atoms with Crippen LogP contribution in [-0.4, -0.2) is 25.0 Å². The molecule has 2 aromatic carbocycles. The number of aryl methyl sites for hydroxylation is 1. The van der Waals surface area contributed by atoms with Crippen LogP contribution in [0.4, 0.5) is 5.69 Å². The van der Waals surface area contributed by atoms with Crippen molar-refractivity contribution in [2.24, 2.45) is 0 Å². The number of amides is 1. The smallest absolute Gasteiger partial charge is 0.340 e. The van der Waals surface area contributed by atoms with Crippen LogP contribution in [0.3, 0.4) is 0 Å². The molecule has 0 spiro atoms. The predicted octanol–water partition coefficient (Wildman–Crippen LogP) is 3.29. The molecular weight excluding hydrogens is 316 g/mol. The zero-order valence-corrected chi connectivity index (χ0v) is 14.7. The second-order valence-electron chi connectivity index (χ2n) is 5.71. The first kappa shape index (κ1) is 18.5. The molecule has 0 aromatic heterocycles. The van der Waals surface area contributed by atoms with E-state index in [0.717, 1.165) is 5.56 Å². The Labute approximate surface area is 148 Å². The van der Waals surface area contributed by atoms with Gasteiger partial charge in [0, 0.05) is 25.2 Å². The highest BCUT2D eigenvalue weighted by Crippen LogP contribution is 2.16. The van der Waals surface area contributed by atoms with Crippen molar-refractivity contribution in [2.45, 2.75) is 26.8 Å². The van der Waals surface area contributed by atoms with Gasteiger partial charge in [0.05, 0.1) is 12.2 Å². The van der Waals surface area contributed by atoms with Crippen molar-refractivity contribution in [2.75, 3.05) is 18.5 Å². The van der Waals surface area contributed by atoms with Gasteiger partial charge in [0.2, 0.25) is 5.91 Å². The van der Waals surface area contributed by atoms with Crippen LogP contribution in [0.1, 0.15) is 34.8 Å². The summed E-state index contributed by atoms with van der Waals surface area (Å²) in [6.45, 7) is 5.08. The zero-order chi connectivity index (χ0) is 18.1. The van der Waals surface area contributed by atoms with Crippen LogP contribution in [0.25, 0.3) is 0 Å². The normalized spacial score (nSPS) is 10.2. The third kappa shape index (κ3) is 5.95. The van der Waals surface area contributed by atoms with Crippen LogP contribution in [0.15, 0.2) is 48.5 Å². The maximum atomic E-state index is 12.0.